The first-order chi connectivity index (χ1) is 12.5. The van der Waals surface area contributed by atoms with Gasteiger partial charge in [0.2, 0.25) is 5.91 Å². The maximum atomic E-state index is 12.2. The standard InChI is InChI=1S/C20H22N2O3S/c1-15-7-8-19-18(13-15)16(14-22-19)9-11-21-20(23)10-12-26(24,25)17-5-3-2-4-6-17/h2-8,13-14,22H,9-12H2,1H3,(H,21,23). The van der Waals surface area contributed by atoms with Crippen molar-refractivity contribution in [1.29, 1.82) is 0 Å². The average molecular weight is 370 g/mol. The summed E-state index contributed by atoms with van der Waals surface area (Å²) in [5, 5.41) is 3.97. The van der Waals surface area contributed by atoms with E-state index in [1.807, 2.05) is 19.2 Å². The molecule has 0 radical (unpaired) electrons. The molecule has 1 heterocycles. The van der Waals surface area contributed by atoms with Crippen LogP contribution in [0.2, 0.25) is 0 Å². The number of carbonyl (C=O) groups excluding carboxylic acids is 1. The average Bonchev–Trinajstić information content (AvgIpc) is 3.03. The van der Waals surface area contributed by atoms with Crippen LogP contribution in [0.3, 0.4) is 0 Å². The maximum absolute atomic E-state index is 12.2. The lowest BCUT2D eigenvalue weighted by Crippen LogP contribution is -2.27. The zero-order valence-corrected chi connectivity index (χ0v) is 15.5. The molecule has 0 bridgehead atoms. The van der Waals surface area contributed by atoms with E-state index in [0.29, 0.717) is 13.0 Å². The van der Waals surface area contributed by atoms with Crippen LogP contribution in [0.25, 0.3) is 10.9 Å². The second-order valence-corrected chi connectivity index (χ2v) is 8.45. The van der Waals surface area contributed by atoms with Crippen LogP contribution in [0.4, 0.5) is 0 Å². The Morgan fingerprint density at radius 3 is 2.65 bits per heavy atom. The molecule has 0 unspecified atom stereocenters. The molecular formula is C20H22N2O3S. The number of carbonyl (C=O) groups is 1. The first-order valence-corrected chi connectivity index (χ1v) is 10.2. The number of hydrogen-bond acceptors (Lipinski definition) is 3. The predicted octanol–water partition coefficient (Wildman–Crippen LogP) is 3.00. The Kier molecular flexibility index (Phi) is 5.42. The molecule has 26 heavy (non-hydrogen) atoms. The van der Waals surface area contributed by atoms with Crippen molar-refractivity contribution in [3.63, 3.8) is 0 Å². The number of benzene rings is 2. The predicted molar refractivity (Wildman–Crippen MR) is 103 cm³/mol. The Labute approximate surface area is 153 Å². The third-order valence-corrected chi connectivity index (χ3v) is 6.07. The second-order valence-electron chi connectivity index (χ2n) is 6.34. The van der Waals surface area contributed by atoms with Crippen LogP contribution in [0, 0.1) is 6.92 Å². The first-order valence-electron chi connectivity index (χ1n) is 8.57. The van der Waals surface area contributed by atoms with Gasteiger partial charge in [0.05, 0.1) is 10.6 Å². The molecule has 3 rings (SSSR count). The topological polar surface area (TPSA) is 79.0 Å². The number of sulfone groups is 1. The van der Waals surface area contributed by atoms with Gasteiger partial charge >= 0.3 is 0 Å². The Morgan fingerprint density at radius 1 is 1.12 bits per heavy atom. The van der Waals surface area contributed by atoms with Crippen molar-refractivity contribution in [2.24, 2.45) is 0 Å². The minimum atomic E-state index is -3.42. The summed E-state index contributed by atoms with van der Waals surface area (Å²) in [6.45, 7) is 2.52. The molecule has 1 amide bonds. The summed E-state index contributed by atoms with van der Waals surface area (Å²) in [5.41, 5.74) is 3.40. The molecule has 0 saturated carbocycles. The smallest absolute Gasteiger partial charge is 0.221 e. The van der Waals surface area contributed by atoms with Gasteiger partial charge < -0.3 is 10.3 Å². The largest absolute Gasteiger partial charge is 0.361 e. The van der Waals surface area contributed by atoms with E-state index in [1.54, 1.807) is 30.3 Å². The van der Waals surface area contributed by atoms with Crippen molar-refractivity contribution < 1.29 is 13.2 Å². The molecule has 0 aliphatic carbocycles. The van der Waals surface area contributed by atoms with Gasteiger partial charge in [-0.2, -0.15) is 0 Å². The van der Waals surface area contributed by atoms with Crippen molar-refractivity contribution in [1.82, 2.24) is 10.3 Å². The number of hydrogen-bond donors (Lipinski definition) is 2. The zero-order chi connectivity index (χ0) is 18.6. The van der Waals surface area contributed by atoms with Crippen molar-refractivity contribution >= 4 is 26.6 Å². The summed E-state index contributed by atoms with van der Waals surface area (Å²) >= 11 is 0. The van der Waals surface area contributed by atoms with Crippen molar-refractivity contribution in [2.45, 2.75) is 24.7 Å². The van der Waals surface area contributed by atoms with E-state index in [2.05, 4.69) is 22.4 Å². The molecule has 5 nitrogen and oxygen atoms in total. The fourth-order valence-corrected chi connectivity index (χ4v) is 4.16. The highest BCUT2D eigenvalue weighted by Gasteiger charge is 2.16. The fourth-order valence-electron chi connectivity index (χ4n) is 2.90. The molecule has 2 aromatic carbocycles. The maximum Gasteiger partial charge on any atom is 0.221 e. The molecule has 136 valence electrons. The highest BCUT2D eigenvalue weighted by molar-refractivity contribution is 7.91. The van der Waals surface area contributed by atoms with Crippen LogP contribution in [-0.4, -0.2) is 31.6 Å². The fraction of sp³-hybridized carbons (Fsp3) is 0.250. The minimum absolute atomic E-state index is 0.0375. The summed E-state index contributed by atoms with van der Waals surface area (Å²) in [6, 6.07) is 14.4. The molecule has 0 aliphatic heterocycles. The highest BCUT2D eigenvalue weighted by atomic mass is 32.2. The number of nitrogens with one attached hydrogen (secondary N) is 2. The monoisotopic (exact) mass is 370 g/mol. The Morgan fingerprint density at radius 2 is 1.88 bits per heavy atom. The minimum Gasteiger partial charge on any atom is -0.361 e. The van der Waals surface area contributed by atoms with Crippen molar-refractivity contribution in [2.75, 3.05) is 12.3 Å². The molecule has 0 fully saturated rings. The molecule has 0 saturated heterocycles. The van der Waals surface area contributed by atoms with Gasteiger partial charge in [0, 0.05) is 30.1 Å². The molecular weight excluding hydrogens is 348 g/mol. The summed E-state index contributed by atoms with van der Waals surface area (Å²) in [6.07, 6.45) is 2.61. The van der Waals surface area contributed by atoms with Crippen molar-refractivity contribution in [3.05, 3.63) is 65.9 Å². The van der Waals surface area contributed by atoms with Gasteiger partial charge in [0.1, 0.15) is 0 Å². The molecule has 3 aromatic rings. The third-order valence-electron chi connectivity index (χ3n) is 4.34. The van der Waals surface area contributed by atoms with Crippen LogP contribution in [0.1, 0.15) is 17.5 Å². The highest BCUT2D eigenvalue weighted by Crippen LogP contribution is 2.19. The van der Waals surface area contributed by atoms with Gasteiger partial charge in [-0.25, -0.2) is 8.42 Å². The number of fused-ring (bicyclic) bond motifs is 1. The summed E-state index contributed by atoms with van der Waals surface area (Å²) in [7, 11) is -3.42. The van der Waals surface area contributed by atoms with Gasteiger partial charge in [-0.1, -0.05) is 29.8 Å². The number of amides is 1. The lowest BCUT2D eigenvalue weighted by molar-refractivity contribution is -0.120. The van der Waals surface area contributed by atoms with Crippen molar-refractivity contribution in [3.8, 4) is 0 Å². The molecule has 0 aliphatic rings. The quantitative estimate of drug-likeness (QED) is 0.671. The van der Waals surface area contributed by atoms with E-state index in [-0.39, 0.29) is 23.0 Å². The van der Waals surface area contributed by atoms with E-state index in [9.17, 15) is 13.2 Å². The number of aromatic nitrogens is 1. The van der Waals surface area contributed by atoms with E-state index in [0.717, 1.165) is 16.5 Å². The Hall–Kier alpha value is -2.60. The Balaban J connectivity index is 1.51. The molecule has 2 N–H and O–H groups in total. The summed E-state index contributed by atoms with van der Waals surface area (Å²) < 4.78 is 24.4. The van der Waals surface area contributed by atoms with Crippen LogP contribution in [-0.2, 0) is 21.1 Å². The van der Waals surface area contributed by atoms with E-state index < -0.39 is 9.84 Å². The number of rotatable bonds is 7. The van der Waals surface area contributed by atoms with E-state index in [1.165, 1.54) is 5.56 Å². The number of aromatic amines is 1. The molecule has 0 spiro atoms. The van der Waals surface area contributed by atoms with Crippen LogP contribution >= 0.6 is 0 Å². The lowest BCUT2D eigenvalue weighted by Gasteiger charge is -2.06. The van der Waals surface area contributed by atoms with Gasteiger partial charge in [0.15, 0.2) is 9.84 Å². The third kappa shape index (κ3) is 4.32. The second kappa shape index (κ2) is 7.74. The van der Waals surface area contributed by atoms with E-state index in [4.69, 9.17) is 0 Å². The number of H-pyrrole nitrogens is 1. The zero-order valence-electron chi connectivity index (χ0n) is 14.7. The van der Waals surface area contributed by atoms with Gasteiger partial charge in [0.25, 0.3) is 0 Å². The number of aryl methyl sites for hydroxylation is 1. The van der Waals surface area contributed by atoms with Crippen LogP contribution in [0.5, 0.6) is 0 Å². The lowest BCUT2D eigenvalue weighted by atomic mass is 10.1. The van der Waals surface area contributed by atoms with Gasteiger partial charge in [-0.05, 0) is 43.2 Å². The molecule has 1 aromatic heterocycles. The van der Waals surface area contributed by atoms with Crippen LogP contribution in [0.15, 0.2) is 59.6 Å². The Bertz CT molecular complexity index is 1010. The van der Waals surface area contributed by atoms with Gasteiger partial charge in [-0.3, -0.25) is 4.79 Å². The summed E-state index contributed by atoms with van der Waals surface area (Å²) in [4.78, 5) is 15.5. The van der Waals surface area contributed by atoms with E-state index >= 15 is 0 Å². The van der Waals surface area contributed by atoms with Gasteiger partial charge in [-0.15, -0.1) is 0 Å². The normalized spacial score (nSPS) is 11.6. The molecule has 0 atom stereocenters. The SMILES string of the molecule is Cc1ccc2[nH]cc(CCNC(=O)CCS(=O)(=O)c3ccccc3)c2c1. The molecule has 6 heteroatoms. The van der Waals surface area contributed by atoms with Crippen LogP contribution < -0.4 is 5.32 Å². The first kappa shape index (κ1) is 18.2. The summed E-state index contributed by atoms with van der Waals surface area (Å²) in [5.74, 6) is -0.435.